The minimum Gasteiger partial charge on any atom is -0.465 e. The Morgan fingerprint density at radius 1 is 1.23 bits per heavy atom. The number of hydrogen-bond acceptors (Lipinski definition) is 6. The number of anilines is 1. The van der Waals surface area contributed by atoms with Crippen LogP contribution in [0, 0.1) is 33.3 Å². The molecule has 1 aromatic heterocycles. The van der Waals surface area contributed by atoms with E-state index in [0.29, 0.717) is 25.4 Å². The third kappa shape index (κ3) is 3.39. The molecule has 0 radical (unpaired) electrons. The van der Waals surface area contributed by atoms with E-state index in [9.17, 15) is 14.9 Å². The molecule has 0 spiro atoms. The first-order valence-electron chi connectivity index (χ1n) is 9.56. The van der Waals surface area contributed by atoms with E-state index in [1.165, 1.54) is 31.5 Å². The predicted molar refractivity (Wildman–Crippen MR) is 95.6 cm³/mol. The highest BCUT2D eigenvalue weighted by Crippen LogP contribution is 2.60. The van der Waals surface area contributed by atoms with E-state index in [1.54, 1.807) is 6.07 Å². The van der Waals surface area contributed by atoms with Gasteiger partial charge in [-0.1, -0.05) is 0 Å². The van der Waals surface area contributed by atoms with E-state index >= 15 is 0 Å². The summed E-state index contributed by atoms with van der Waals surface area (Å²) in [5.74, 6) is 2.82. The number of esters is 1. The first-order valence-corrected chi connectivity index (χ1v) is 9.56. The van der Waals surface area contributed by atoms with Crippen LogP contribution < -0.4 is 5.32 Å². The third-order valence-electron chi connectivity index (χ3n) is 6.29. The highest BCUT2D eigenvalue weighted by Gasteiger charge is 2.55. The first-order chi connectivity index (χ1) is 12.5. The molecule has 4 aliphatic rings. The molecule has 0 unspecified atom stereocenters. The van der Waals surface area contributed by atoms with Crippen LogP contribution >= 0.6 is 0 Å². The van der Waals surface area contributed by atoms with Crippen LogP contribution in [0.15, 0.2) is 18.3 Å². The number of rotatable bonds is 7. The maximum atomic E-state index is 12.7. The van der Waals surface area contributed by atoms with Crippen LogP contribution in [0.1, 0.15) is 44.9 Å². The van der Waals surface area contributed by atoms with Gasteiger partial charge in [-0.15, -0.1) is 0 Å². The van der Waals surface area contributed by atoms with Crippen LogP contribution in [-0.2, 0) is 9.53 Å². The van der Waals surface area contributed by atoms with Crippen molar-refractivity contribution in [2.45, 2.75) is 44.9 Å². The van der Waals surface area contributed by atoms with Crippen molar-refractivity contribution in [1.29, 1.82) is 0 Å². The van der Waals surface area contributed by atoms with E-state index in [1.807, 2.05) is 0 Å². The highest BCUT2D eigenvalue weighted by atomic mass is 16.6. The molecule has 4 aliphatic carbocycles. The number of nitro groups is 1. The lowest BCUT2D eigenvalue weighted by Crippen LogP contribution is -2.50. The Kier molecular flexibility index (Phi) is 4.54. The van der Waals surface area contributed by atoms with Gasteiger partial charge in [0.25, 0.3) is 5.69 Å². The molecule has 4 fully saturated rings. The van der Waals surface area contributed by atoms with Crippen molar-refractivity contribution in [2.75, 3.05) is 18.5 Å². The topological polar surface area (TPSA) is 94.4 Å². The van der Waals surface area contributed by atoms with E-state index in [-0.39, 0.29) is 17.1 Å². The van der Waals surface area contributed by atoms with Gasteiger partial charge in [0.1, 0.15) is 12.0 Å². The quantitative estimate of drug-likeness (QED) is 0.346. The summed E-state index contributed by atoms with van der Waals surface area (Å²) in [5, 5.41) is 13.7. The molecule has 0 amide bonds. The molecule has 0 aromatic carbocycles. The largest absolute Gasteiger partial charge is 0.465 e. The van der Waals surface area contributed by atoms with Crippen LogP contribution in [0.25, 0.3) is 0 Å². The minimum absolute atomic E-state index is 0.0186. The molecule has 5 rings (SSSR count). The lowest BCUT2D eigenvalue weighted by atomic mass is 9.49. The van der Waals surface area contributed by atoms with Gasteiger partial charge in [0.2, 0.25) is 0 Å². The Bertz CT molecular complexity index is 653. The molecular formula is C19H25N3O4. The highest BCUT2D eigenvalue weighted by molar-refractivity contribution is 5.77. The second kappa shape index (κ2) is 6.85. The Hall–Kier alpha value is -2.18. The van der Waals surface area contributed by atoms with Gasteiger partial charge >= 0.3 is 5.97 Å². The molecule has 7 nitrogen and oxygen atoms in total. The standard InChI is InChI=1S/C19H25N3O4/c23-18(19-9-13-6-14(10-19)8-15(7-13)11-19)26-5-1-4-20-17-3-2-16(12-21-17)22(24)25/h2-3,12-15H,1,4-11H2,(H,20,21). The van der Waals surface area contributed by atoms with Gasteiger partial charge < -0.3 is 10.1 Å². The summed E-state index contributed by atoms with van der Waals surface area (Å²) in [4.78, 5) is 26.8. The summed E-state index contributed by atoms with van der Waals surface area (Å²) < 4.78 is 5.63. The summed E-state index contributed by atoms with van der Waals surface area (Å²) in [5.41, 5.74) is -0.220. The van der Waals surface area contributed by atoms with Crippen LogP contribution in [0.4, 0.5) is 11.5 Å². The van der Waals surface area contributed by atoms with E-state index in [0.717, 1.165) is 37.0 Å². The Balaban J connectivity index is 1.20. The van der Waals surface area contributed by atoms with Gasteiger partial charge in [-0.3, -0.25) is 14.9 Å². The van der Waals surface area contributed by atoms with Crippen molar-refractivity contribution in [2.24, 2.45) is 23.2 Å². The molecule has 0 saturated heterocycles. The summed E-state index contributed by atoms with van der Waals surface area (Å²) >= 11 is 0. The van der Waals surface area contributed by atoms with Crippen molar-refractivity contribution < 1.29 is 14.5 Å². The zero-order valence-corrected chi connectivity index (χ0v) is 14.9. The summed E-state index contributed by atoms with van der Waals surface area (Å²) in [6.07, 6.45) is 8.97. The molecule has 7 heteroatoms. The van der Waals surface area contributed by atoms with E-state index in [2.05, 4.69) is 10.3 Å². The number of hydrogen-bond donors (Lipinski definition) is 1. The number of carbonyl (C=O) groups is 1. The fraction of sp³-hybridized carbons (Fsp3) is 0.684. The molecule has 4 saturated carbocycles. The predicted octanol–water partition coefficient (Wildman–Crippen LogP) is 3.55. The zero-order chi connectivity index (χ0) is 18.1. The van der Waals surface area contributed by atoms with Gasteiger partial charge in [-0.2, -0.15) is 0 Å². The fourth-order valence-electron chi connectivity index (χ4n) is 5.57. The number of nitrogens with one attached hydrogen (secondary N) is 1. The maximum absolute atomic E-state index is 12.7. The third-order valence-corrected chi connectivity index (χ3v) is 6.29. The molecular weight excluding hydrogens is 334 g/mol. The summed E-state index contributed by atoms with van der Waals surface area (Å²) in [7, 11) is 0. The molecule has 4 bridgehead atoms. The fourth-order valence-corrected chi connectivity index (χ4v) is 5.57. The van der Waals surface area contributed by atoms with Gasteiger partial charge in [0, 0.05) is 12.6 Å². The first kappa shape index (κ1) is 17.2. The van der Waals surface area contributed by atoms with Crippen molar-refractivity contribution in [3.05, 3.63) is 28.4 Å². The lowest BCUT2D eigenvalue weighted by Gasteiger charge is -2.55. The number of nitrogens with zero attached hydrogens (tertiary/aromatic N) is 2. The maximum Gasteiger partial charge on any atom is 0.312 e. The van der Waals surface area contributed by atoms with Gasteiger partial charge in [0.05, 0.1) is 16.9 Å². The molecule has 1 N–H and O–H groups in total. The van der Waals surface area contributed by atoms with Crippen LogP contribution in [-0.4, -0.2) is 29.0 Å². The number of carbonyl (C=O) groups excluding carboxylic acids is 1. The van der Waals surface area contributed by atoms with Gasteiger partial charge in [-0.05, 0) is 68.8 Å². The van der Waals surface area contributed by atoms with Crippen molar-refractivity contribution in [3.8, 4) is 0 Å². The molecule has 26 heavy (non-hydrogen) atoms. The normalized spacial score (nSPS) is 31.6. The van der Waals surface area contributed by atoms with Crippen LogP contribution in [0.2, 0.25) is 0 Å². The second-order valence-electron chi connectivity index (χ2n) is 8.27. The second-order valence-corrected chi connectivity index (χ2v) is 8.27. The molecule has 140 valence electrons. The molecule has 0 atom stereocenters. The van der Waals surface area contributed by atoms with E-state index < -0.39 is 4.92 Å². The molecule has 1 aromatic rings. The number of aromatic nitrogens is 1. The average Bonchev–Trinajstić information content (AvgIpc) is 2.60. The van der Waals surface area contributed by atoms with Gasteiger partial charge in [0.15, 0.2) is 0 Å². The van der Waals surface area contributed by atoms with E-state index in [4.69, 9.17) is 4.74 Å². The molecule has 1 heterocycles. The smallest absolute Gasteiger partial charge is 0.312 e. The van der Waals surface area contributed by atoms with Crippen molar-refractivity contribution >= 4 is 17.5 Å². The monoisotopic (exact) mass is 359 g/mol. The van der Waals surface area contributed by atoms with Crippen LogP contribution in [0.3, 0.4) is 0 Å². The lowest BCUT2D eigenvalue weighted by molar-refractivity contribution is -0.385. The van der Waals surface area contributed by atoms with Gasteiger partial charge in [-0.25, -0.2) is 4.98 Å². The summed E-state index contributed by atoms with van der Waals surface area (Å²) in [6.45, 7) is 1.01. The average molecular weight is 359 g/mol. The zero-order valence-electron chi connectivity index (χ0n) is 14.9. The number of pyridine rings is 1. The SMILES string of the molecule is O=C(OCCCNc1ccc([N+](=O)[O-])cn1)C12CC3CC(CC(C3)C1)C2. The van der Waals surface area contributed by atoms with Crippen molar-refractivity contribution in [3.63, 3.8) is 0 Å². The van der Waals surface area contributed by atoms with Crippen LogP contribution in [0.5, 0.6) is 0 Å². The Morgan fingerprint density at radius 2 is 1.88 bits per heavy atom. The Labute approximate surface area is 152 Å². The number of ether oxygens (including phenoxy) is 1. The summed E-state index contributed by atoms with van der Waals surface area (Å²) in [6, 6.07) is 3.00. The van der Waals surface area contributed by atoms with Crippen molar-refractivity contribution in [1.82, 2.24) is 4.98 Å². The Morgan fingerprint density at radius 3 is 2.42 bits per heavy atom. The molecule has 0 aliphatic heterocycles. The minimum atomic E-state index is -0.472.